The van der Waals surface area contributed by atoms with Crippen molar-refractivity contribution in [1.82, 2.24) is 10.3 Å². The lowest BCUT2D eigenvalue weighted by Gasteiger charge is -2.20. The van der Waals surface area contributed by atoms with Gasteiger partial charge in [-0.25, -0.2) is 0 Å². The number of carbonyl (C=O) groups is 1. The fraction of sp³-hybridized carbons (Fsp3) is 0.250. The lowest BCUT2D eigenvalue weighted by Crippen LogP contribution is -2.27. The molecule has 0 unspecified atom stereocenters. The minimum Gasteiger partial charge on any atom is -0.326 e. The van der Waals surface area contributed by atoms with Gasteiger partial charge in [-0.05, 0) is 49.2 Å². The molecule has 1 aromatic heterocycles. The van der Waals surface area contributed by atoms with Gasteiger partial charge < -0.3 is 15.6 Å². The number of H-pyrrole nitrogens is 1. The van der Waals surface area contributed by atoms with Gasteiger partial charge in [-0.15, -0.1) is 0 Å². The smallest absolute Gasteiger partial charge is 0.261 e. The summed E-state index contributed by atoms with van der Waals surface area (Å²) >= 11 is 0. The van der Waals surface area contributed by atoms with E-state index in [1.807, 2.05) is 12.1 Å². The second kappa shape index (κ2) is 5.54. The number of aromatic nitrogens is 1. The number of benzene rings is 1. The van der Waals surface area contributed by atoms with Crippen LogP contribution in [0.1, 0.15) is 27.2 Å². The highest BCUT2D eigenvalue weighted by Gasteiger charge is 2.16. The van der Waals surface area contributed by atoms with Crippen LogP contribution in [0.25, 0.3) is 0 Å². The maximum absolute atomic E-state index is 12.3. The van der Waals surface area contributed by atoms with Gasteiger partial charge in [0.25, 0.3) is 11.5 Å². The second-order valence-corrected chi connectivity index (χ2v) is 5.21. The van der Waals surface area contributed by atoms with E-state index in [0.29, 0.717) is 0 Å². The summed E-state index contributed by atoms with van der Waals surface area (Å²) in [5.41, 5.74) is 3.60. The number of pyridine rings is 1. The Labute approximate surface area is 122 Å². The van der Waals surface area contributed by atoms with Crippen molar-refractivity contribution in [1.29, 1.82) is 0 Å². The van der Waals surface area contributed by atoms with Crippen LogP contribution in [0.5, 0.6) is 0 Å². The standard InChI is InChI=1S/C16H17N3O2/c1-10-5-6-12(15(20)18-10)16(21)19-14-4-2-3-11-7-8-17-9-13(11)14/h2-6,17H,7-9H2,1H3,(H,18,20)(H,19,21). The average molecular weight is 283 g/mol. The molecular formula is C16H17N3O2. The Bertz CT molecular complexity index is 749. The molecule has 3 rings (SSSR count). The Morgan fingerprint density at radius 2 is 2.10 bits per heavy atom. The molecule has 0 bridgehead atoms. The Hall–Kier alpha value is -2.40. The summed E-state index contributed by atoms with van der Waals surface area (Å²) in [6.45, 7) is 3.46. The van der Waals surface area contributed by atoms with Crippen LogP contribution in [0.4, 0.5) is 5.69 Å². The number of fused-ring (bicyclic) bond motifs is 1. The summed E-state index contributed by atoms with van der Waals surface area (Å²) in [4.78, 5) is 26.8. The minimum absolute atomic E-state index is 0.127. The molecular weight excluding hydrogens is 266 g/mol. The Balaban J connectivity index is 1.90. The predicted octanol–water partition coefficient (Wildman–Crippen LogP) is 1.58. The van der Waals surface area contributed by atoms with Gasteiger partial charge in [0.15, 0.2) is 0 Å². The van der Waals surface area contributed by atoms with E-state index >= 15 is 0 Å². The third kappa shape index (κ3) is 2.73. The molecule has 1 aromatic carbocycles. The highest BCUT2D eigenvalue weighted by Crippen LogP contribution is 2.23. The number of nitrogens with one attached hydrogen (secondary N) is 3. The highest BCUT2D eigenvalue weighted by atomic mass is 16.2. The quantitative estimate of drug-likeness (QED) is 0.783. The largest absolute Gasteiger partial charge is 0.326 e. The van der Waals surface area contributed by atoms with E-state index in [-0.39, 0.29) is 17.0 Å². The molecule has 0 atom stereocenters. The summed E-state index contributed by atoms with van der Waals surface area (Å²) in [6.07, 6.45) is 0.949. The number of hydrogen-bond acceptors (Lipinski definition) is 3. The van der Waals surface area contributed by atoms with Crippen LogP contribution < -0.4 is 16.2 Å². The molecule has 5 heteroatoms. The third-order valence-corrected chi connectivity index (χ3v) is 3.69. The molecule has 2 aromatic rings. The summed E-state index contributed by atoms with van der Waals surface area (Å²) in [7, 11) is 0. The highest BCUT2D eigenvalue weighted by molar-refractivity contribution is 6.04. The molecule has 0 spiro atoms. The predicted molar refractivity (Wildman–Crippen MR) is 81.6 cm³/mol. The number of carbonyl (C=O) groups excluding carboxylic acids is 1. The minimum atomic E-state index is -0.379. The second-order valence-electron chi connectivity index (χ2n) is 5.21. The van der Waals surface area contributed by atoms with Crippen LogP contribution in [0.15, 0.2) is 35.1 Å². The van der Waals surface area contributed by atoms with E-state index < -0.39 is 0 Å². The summed E-state index contributed by atoms with van der Waals surface area (Å²) in [5.74, 6) is -0.379. The van der Waals surface area contributed by atoms with Gasteiger partial charge in [0.1, 0.15) is 5.56 Å². The van der Waals surface area contributed by atoms with Crippen LogP contribution in [-0.4, -0.2) is 17.4 Å². The van der Waals surface area contributed by atoms with E-state index in [1.165, 1.54) is 5.56 Å². The van der Waals surface area contributed by atoms with Crippen LogP contribution in [0.2, 0.25) is 0 Å². The Morgan fingerprint density at radius 1 is 1.24 bits per heavy atom. The molecule has 2 heterocycles. The molecule has 1 amide bonds. The van der Waals surface area contributed by atoms with Crippen molar-refractivity contribution >= 4 is 11.6 Å². The zero-order valence-corrected chi connectivity index (χ0v) is 11.8. The average Bonchev–Trinajstić information content (AvgIpc) is 2.47. The van der Waals surface area contributed by atoms with Gasteiger partial charge in [0, 0.05) is 17.9 Å². The normalized spacial score (nSPS) is 13.6. The lowest BCUT2D eigenvalue weighted by molar-refractivity contribution is 0.102. The monoisotopic (exact) mass is 283 g/mol. The SMILES string of the molecule is Cc1ccc(C(=O)Nc2cccc3c2CNCC3)c(=O)[nH]1. The topological polar surface area (TPSA) is 74.0 Å². The molecule has 0 saturated heterocycles. The fourth-order valence-electron chi connectivity index (χ4n) is 2.57. The molecule has 0 aliphatic carbocycles. The van der Waals surface area contributed by atoms with E-state index in [4.69, 9.17) is 0 Å². The van der Waals surface area contributed by atoms with Gasteiger partial charge in [-0.3, -0.25) is 9.59 Å². The van der Waals surface area contributed by atoms with Crippen molar-refractivity contribution in [2.45, 2.75) is 19.9 Å². The van der Waals surface area contributed by atoms with E-state index in [9.17, 15) is 9.59 Å². The van der Waals surface area contributed by atoms with Crippen LogP contribution in [0.3, 0.4) is 0 Å². The molecule has 0 fully saturated rings. The van der Waals surface area contributed by atoms with Crippen LogP contribution >= 0.6 is 0 Å². The van der Waals surface area contributed by atoms with Gasteiger partial charge in [0.05, 0.1) is 0 Å². The first-order valence-corrected chi connectivity index (χ1v) is 6.98. The van der Waals surface area contributed by atoms with Gasteiger partial charge >= 0.3 is 0 Å². The number of rotatable bonds is 2. The van der Waals surface area contributed by atoms with Crippen LogP contribution in [-0.2, 0) is 13.0 Å². The lowest BCUT2D eigenvalue weighted by atomic mass is 9.99. The molecule has 21 heavy (non-hydrogen) atoms. The van der Waals surface area contributed by atoms with Gasteiger partial charge in [0.2, 0.25) is 0 Å². The number of aryl methyl sites for hydroxylation is 1. The van der Waals surface area contributed by atoms with E-state index in [0.717, 1.165) is 36.5 Å². The molecule has 1 aliphatic rings. The van der Waals surface area contributed by atoms with Crippen molar-refractivity contribution in [3.8, 4) is 0 Å². The van der Waals surface area contributed by atoms with Crippen molar-refractivity contribution < 1.29 is 4.79 Å². The molecule has 0 radical (unpaired) electrons. The van der Waals surface area contributed by atoms with Crippen molar-refractivity contribution in [3.05, 3.63) is 63.1 Å². The van der Waals surface area contributed by atoms with Crippen molar-refractivity contribution in [2.24, 2.45) is 0 Å². The molecule has 5 nitrogen and oxygen atoms in total. The molecule has 0 saturated carbocycles. The summed E-state index contributed by atoms with van der Waals surface area (Å²) < 4.78 is 0. The summed E-state index contributed by atoms with van der Waals surface area (Å²) in [5, 5.41) is 6.14. The third-order valence-electron chi connectivity index (χ3n) is 3.69. The molecule has 1 aliphatic heterocycles. The first-order valence-electron chi connectivity index (χ1n) is 6.98. The maximum atomic E-state index is 12.3. The van der Waals surface area contributed by atoms with Gasteiger partial charge in [-0.1, -0.05) is 12.1 Å². The van der Waals surface area contributed by atoms with E-state index in [2.05, 4.69) is 21.7 Å². The maximum Gasteiger partial charge on any atom is 0.261 e. The van der Waals surface area contributed by atoms with Crippen molar-refractivity contribution in [3.63, 3.8) is 0 Å². The fourth-order valence-corrected chi connectivity index (χ4v) is 2.57. The van der Waals surface area contributed by atoms with Gasteiger partial charge in [-0.2, -0.15) is 0 Å². The summed E-state index contributed by atoms with van der Waals surface area (Å²) in [6, 6.07) is 9.14. The Morgan fingerprint density at radius 3 is 2.90 bits per heavy atom. The Kier molecular flexibility index (Phi) is 3.58. The number of anilines is 1. The van der Waals surface area contributed by atoms with E-state index in [1.54, 1.807) is 19.1 Å². The molecule has 3 N–H and O–H groups in total. The number of hydrogen-bond donors (Lipinski definition) is 3. The van der Waals surface area contributed by atoms with Crippen LogP contribution in [0, 0.1) is 6.92 Å². The number of aromatic amines is 1. The first-order chi connectivity index (χ1) is 10.1. The number of amides is 1. The first kappa shape index (κ1) is 13.6. The zero-order chi connectivity index (χ0) is 14.8. The molecule has 108 valence electrons. The zero-order valence-electron chi connectivity index (χ0n) is 11.8. The van der Waals surface area contributed by atoms with Crippen molar-refractivity contribution in [2.75, 3.05) is 11.9 Å².